The summed E-state index contributed by atoms with van der Waals surface area (Å²) >= 11 is 1.71. The molecule has 5 nitrogen and oxygen atoms in total. The monoisotopic (exact) mass is 306 g/mol. The van der Waals surface area contributed by atoms with E-state index in [1.165, 1.54) is 5.56 Å². The van der Waals surface area contributed by atoms with Crippen molar-refractivity contribution in [1.29, 1.82) is 0 Å². The maximum atomic E-state index is 5.32. The van der Waals surface area contributed by atoms with Gasteiger partial charge in [-0.1, -0.05) is 30.8 Å². The Balaban J connectivity index is 2.07. The zero-order valence-electron chi connectivity index (χ0n) is 12.7. The lowest BCUT2D eigenvalue weighted by Gasteiger charge is -2.19. The van der Waals surface area contributed by atoms with Crippen molar-refractivity contribution in [3.05, 3.63) is 36.2 Å². The van der Waals surface area contributed by atoms with Crippen LogP contribution in [0.25, 0.3) is 0 Å². The van der Waals surface area contributed by atoms with Gasteiger partial charge in [-0.2, -0.15) is 0 Å². The standard InChI is InChI=1S/C15H22N4OS/c1-4-8-16-14(10-21-15-18-17-11-19(15)2)12-6-5-7-13(9-12)20-3/h5-7,9,11,14,16H,4,8,10H2,1-3H3. The van der Waals surface area contributed by atoms with Crippen LogP contribution < -0.4 is 10.1 Å². The molecule has 0 saturated carbocycles. The molecule has 2 rings (SSSR count). The highest BCUT2D eigenvalue weighted by Gasteiger charge is 2.13. The van der Waals surface area contributed by atoms with Gasteiger partial charge in [-0.25, -0.2) is 0 Å². The molecule has 0 bridgehead atoms. The van der Waals surface area contributed by atoms with E-state index in [1.54, 1.807) is 25.2 Å². The Morgan fingerprint density at radius 2 is 2.29 bits per heavy atom. The Bertz CT molecular complexity index is 558. The van der Waals surface area contributed by atoms with Crippen LogP contribution in [-0.4, -0.2) is 34.2 Å². The van der Waals surface area contributed by atoms with E-state index in [4.69, 9.17) is 4.74 Å². The first-order valence-electron chi connectivity index (χ1n) is 7.08. The average Bonchev–Trinajstić information content (AvgIpc) is 2.93. The topological polar surface area (TPSA) is 52.0 Å². The fourth-order valence-electron chi connectivity index (χ4n) is 2.01. The number of hydrogen-bond donors (Lipinski definition) is 1. The summed E-state index contributed by atoms with van der Waals surface area (Å²) in [5.74, 6) is 1.79. The van der Waals surface area contributed by atoms with Crippen molar-refractivity contribution in [3.63, 3.8) is 0 Å². The third-order valence-corrected chi connectivity index (χ3v) is 4.31. The molecular weight excluding hydrogens is 284 g/mol. The minimum atomic E-state index is 0.266. The van der Waals surface area contributed by atoms with Crippen LogP contribution in [0, 0.1) is 0 Å². The van der Waals surface area contributed by atoms with Crippen molar-refractivity contribution < 1.29 is 4.74 Å². The van der Waals surface area contributed by atoms with E-state index in [2.05, 4.69) is 34.6 Å². The van der Waals surface area contributed by atoms with E-state index in [9.17, 15) is 0 Å². The molecule has 6 heteroatoms. The summed E-state index contributed by atoms with van der Waals surface area (Å²) in [4.78, 5) is 0. The molecule has 0 aliphatic heterocycles. The number of rotatable bonds is 8. The molecule has 1 atom stereocenters. The van der Waals surface area contributed by atoms with E-state index < -0.39 is 0 Å². The molecule has 1 unspecified atom stereocenters. The number of nitrogens with one attached hydrogen (secondary N) is 1. The molecule has 0 radical (unpaired) electrons. The highest BCUT2D eigenvalue weighted by atomic mass is 32.2. The van der Waals surface area contributed by atoms with Gasteiger partial charge in [0.15, 0.2) is 5.16 Å². The van der Waals surface area contributed by atoms with Gasteiger partial charge in [0.1, 0.15) is 12.1 Å². The average molecular weight is 306 g/mol. The molecule has 0 saturated heterocycles. The smallest absolute Gasteiger partial charge is 0.190 e. The maximum absolute atomic E-state index is 5.32. The zero-order valence-corrected chi connectivity index (χ0v) is 13.6. The van der Waals surface area contributed by atoms with Crippen LogP contribution in [-0.2, 0) is 7.05 Å². The van der Waals surface area contributed by atoms with Gasteiger partial charge in [-0.15, -0.1) is 10.2 Å². The van der Waals surface area contributed by atoms with Crippen molar-refractivity contribution in [3.8, 4) is 5.75 Å². The van der Waals surface area contributed by atoms with E-state index in [1.807, 2.05) is 23.7 Å². The van der Waals surface area contributed by atoms with Crippen LogP contribution in [0.3, 0.4) is 0 Å². The van der Waals surface area contributed by atoms with Gasteiger partial charge in [-0.05, 0) is 30.7 Å². The summed E-state index contributed by atoms with van der Waals surface area (Å²) in [6, 6.07) is 8.48. The zero-order chi connectivity index (χ0) is 15.1. The SMILES string of the molecule is CCCNC(CSc1nncn1C)c1cccc(OC)c1. The molecule has 1 aromatic heterocycles. The first kappa shape index (κ1) is 15.9. The van der Waals surface area contributed by atoms with Crippen LogP contribution in [0.15, 0.2) is 35.7 Å². The summed E-state index contributed by atoms with van der Waals surface area (Å²) in [5, 5.41) is 12.5. The van der Waals surface area contributed by atoms with Gasteiger partial charge in [-0.3, -0.25) is 0 Å². The fourth-order valence-corrected chi connectivity index (χ4v) is 2.99. The van der Waals surface area contributed by atoms with Crippen molar-refractivity contribution in [2.45, 2.75) is 24.5 Å². The first-order valence-corrected chi connectivity index (χ1v) is 8.07. The minimum Gasteiger partial charge on any atom is -0.497 e. The number of aryl methyl sites for hydroxylation is 1. The normalized spacial score (nSPS) is 12.3. The number of ether oxygens (including phenoxy) is 1. The second kappa shape index (κ2) is 8.05. The molecule has 21 heavy (non-hydrogen) atoms. The quantitative estimate of drug-likeness (QED) is 0.760. The lowest BCUT2D eigenvalue weighted by Crippen LogP contribution is -2.24. The third kappa shape index (κ3) is 4.47. The minimum absolute atomic E-state index is 0.266. The molecule has 0 aliphatic rings. The molecule has 0 amide bonds. The van der Waals surface area contributed by atoms with Crippen molar-refractivity contribution >= 4 is 11.8 Å². The van der Waals surface area contributed by atoms with Gasteiger partial charge in [0.05, 0.1) is 7.11 Å². The van der Waals surface area contributed by atoms with E-state index >= 15 is 0 Å². The summed E-state index contributed by atoms with van der Waals surface area (Å²) in [6.07, 6.45) is 2.83. The van der Waals surface area contributed by atoms with E-state index in [-0.39, 0.29) is 6.04 Å². The maximum Gasteiger partial charge on any atom is 0.190 e. The highest BCUT2D eigenvalue weighted by molar-refractivity contribution is 7.99. The number of aromatic nitrogens is 3. The molecule has 0 spiro atoms. The summed E-state index contributed by atoms with van der Waals surface area (Å²) < 4.78 is 7.26. The molecule has 0 aliphatic carbocycles. The van der Waals surface area contributed by atoms with Crippen LogP contribution in [0.1, 0.15) is 24.9 Å². The summed E-state index contributed by atoms with van der Waals surface area (Å²) in [6.45, 7) is 3.16. The Morgan fingerprint density at radius 1 is 1.43 bits per heavy atom. The van der Waals surface area contributed by atoms with Crippen molar-refractivity contribution in [1.82, 2.24) is 20.1 Å². The second-order valence-corrected chi connectivity index (χ2v) is 5.81. The molecule has 1 aromatic carbocycles. The van der Waals surface area contributed by atoms with Gasteiger partial charge >= 0.3 is 0 Å². The molecular formula is C15H22N4OS. The molecule has 2 aromatic rings. The Morgan fingerprint density at radius 3 is 2.95 bits per heavy atom. The van der Waals surface area contributed by atoms with Crippen LogP contribution in [0.4, 0.5) is 0 Å². The number of benzene rings is 1. The molecule has 114 valence electrons. The van der Waals surface area contributed by atoms with Gasteiger partial charge in [0.25, 0.3) is 0 Å². The fraction of sp³-hybridized carbons (Fsp3) is 0.467. The first-order chi connectivity index (χ1) is 10.2. The van der Waals surface area contributed by atoms with Crippen molar-refractivity contribution in [2.75, 3.05) is 19.4 Å². The van der Waals surface area contributed by atoms with Gasteiger partial charge in [0.2, 0.25) is 0 Å². The number of methoxy groups -OCH3 is 1. The predicted molar refractivity (Wildman–Crippen MR) is 85.8 cm³/mol. The summed E-state index contributed by atoms with van der Waals surface area (Å²) in [5.41, 5.74) is 1.23. The Kier molecular flexibility index (Phi) is 6.07. The van der Waals surface area contributed by atoms with E-state index in [0.717, 1.165) is 29.6 Å². The van der Waals surface area contributed by atoms with Crippen LogP contribution in [0.2, 0.25) is 0 Å². The van der Waals surface area contributed by atoms with Gasteiger partial charge < -0.3 is 14.6 Å². The third-order valence-electron chi connectivity index (χ3n) is 3.19. The summed E-state index contributed by atoms with van der Waals surface area (Å²) in [7, 11) is 3.66. The Labute approximate surface area is 130 Å². The Hall–Kier alpha value is -1.53. The second-order valence-electron chi connectivity index (χ2n) is 4.82. The predicted octanol–water partition coefficient (Wildman–Crippen LogP) is 2.66. The van der Waals surface area contributed by atoms with E-state index in [0.29, 0.717) is 0 Å². The van der Waals surface area contributed by atoms with Crippen molar-refractivity contribution in [2.24, 2.45) is 7.05 Å². The number of hydrogen-bond acceptors (Lipinski definition) is 5. The lowest BCUT2D eigenvalue weighted by molar-refractivity contribution is 0.413. The largest absolute Gasteiger partial charge is 0.497 e. The van der Waals surface area contributed by atoms with Crippen LogP contribution in [0.5, 0.6) is 5.75 Å². The molecule has 1 heterocycles. The van der Waals surface area contributed by atoms with Gasteiger partial charge in [0, 0.05) is 18.8 Å². The molecule has 0 fully saturated rings. The number of thioether (sulfide) groups is 1. The molecule has 1 N–H and O–H groups in total. The van der Waals surface area contributed by atoms with Crippen LogP contribution >= 0.6 is 11.8 Å². The highest BCUT2D eigenvalue weighted by Crippen LogP contribution is 2.25. The lowest BCUT2D eigenvalue weighted by atomic mass is 10.1. The number of nitrogens with zero attached hydrogens (tertiary/aromatic N) is 3.